The van der Waals surface area contributed by atoms with Crippen molar-refractivity contribution in [3.63, 3.8) is 0 Å². The fourth-order valence-electron chi connectivity index (χ4n) is 4.13. The summed E-state index contributed by atoms with van der Waals surface area (Å²) in [7, 11) is 0. The fraction of sp³-hybridized carbons (Fsp3) is 0.353. The zero-order valence-electron chi connectivity index (χ0n) is 11.0. The Morgan fingerprint density at radius 3 is 3.10 bits per heavy atom. The Morgan fingerprint density at radius 2 is 2.20 bits per heavy atom. The molecule has 0 amide bonds. The summed E-state index contributed by atoms with van der Waals surface area (Å²) < 4.78 is 7.60. The summed E-state index contributed by atoms with van der Waals surface area (Å²) in [5.41, 5.74) is -0.220. The Labute approximate surface area is 121 Å². The van der Waals surface area contributed by atoms with E-state index in [9.17, 15) is 4.79 Å². The monoisotopic (exact) mass is 282 g/mol. The van der Waals surface area contributed by atoms with Crippen LogP contribution in [0.3, 0.4) is 0 Å². The van der Waals surface area contributed by atoms with Gasteiger partial charge in [-0.15, -0.1) is 11.3 Å². The number of ether oxygens (including phenoxy) is 1. The second kappa shape index (κ2) is 3.53. The number of thiophene rings is 1. The summed E-state index contributed by atoms with van der Waals surface area (Å²) >= 11 is 1.58. The van der Waals surface area contributed by atoms with Crippen LogP contribution in [0.1, 0.15) is 28.9 Å². The van der Waals surface area contributed by atoms with E-state index in [0.29, 0.717) is 18.3 Å². The lowest BCUT2D eigenvalue weighted by molar-refractivity contribution is -0.0961. The number of hydrogen-bond donors (Lipinski definition) is 0. The van der Waals surface area contributed by atoms with Crippen LogP contribution in [-0.4, -0.2) is 11.4 Å². The minimum Gasteiger partial charge on any atom is -0.484 e. The predicted octanol–water partition coefficient (Wildman–Crippen LogP) is 4.20. The van der Waals surface area contributed by atoms with Crippen molar-refractivity contribution in [3.05, 3.63) is 41.3 Å². The molecular weight excluding hydrogens is 268 g/mol. The van der Waals surface area contributed by atoms with Crippen molar-refractivity contribution in [2.75, 3.05) is 0 Å². The number of hydrogen-bond acceptors (Lipinski definition) is 3. The van der Waals surface area contributed by atoms with E-state index in [1.807, 2.05) is 12.1 Å². The fourth-order valence-corrected chi connectivity index (χ4v) is 5.20. The molecule has 3 atom stereocenters. The maximum Gasteiger partial charge on any atom is 0.180 e. The largest absolute Gasteiger partial charge is 0.484 e. The second-order valence-electron chi connectivity index (χ2n) is 6.16. The lowest BCUT2D eigenvalue weighted by Gasteiger charge is -2.53. The molecule has 1 spiro atoms. The summed E-state index contributed by atoms with van der Waals surface area (Å²) in [6.45, 7) is 0. The molecule has 1 aromatic heterocycles. The van der Waals surface area contributed by atoms with Gasteiger partial charge in [0.25, 0.3) is 0 Å². The first-order chi connectivity index (χ1) is 9.77. The van der Waals surface area contributed by atoms with Gasteiger partial charge in [0.1, 0.15) is 16.2 Å². The molecule has 100 valence electrons. The number of rotatable bonds is 0. The van der Waals surface area contributed by atoms with Crippen molar-refractivity contribution in [1.82, 2.24) is 0 Å². The first-order valence-electron chi connectivity index (χ1n) is 7.17. The molecule has 3 heteroatoms. The highest BCUT2D eigenvalue weighted by Crippen LogP contribution is 2.58. The van der Waals surface area contributed by atoms with Gasteiger partial charge in [0, 0.05) is 16.0 Å². The normalized spacial score (nSPS) is 33.9. The second-order valence-corrected chi connectivity index (χ2v) is 7.21. The summed E-state index contributed by atoms with van der Waals surface area (Å²) in [4.78, 5) is 13.4. The Balaban J connectivity index is 1.66. The highest BCUT2D eigenvalue weighted by Gasteiger charge is 2.59. The molecule has 20 heavy (non-hydrogen) atoms. The van der Waals surface area contributed by atoms with E-state index in [-0.39, 0.29) is 11.4 Å². The molecule has 1 fully saturated rings. The van der Waals surface area contributed by atoms with Gasteiger partial charge in [0.15, 0.2) is 5.78 Å². The lowest BCUT2D eigenvalue weighted by Crippen LogP contribution is -2.58. The van der Waals surface area contributed by atoms with E-state index in [1.54, 1.807) is 11.3 Å². The Kier molecular flexibility index (Phi) is 1.96. The molecule has 5 rings (SSSR count). The van der Waals surface area contributed by atoms with Crippen molar-refractivity contribution in [2.45, 2.75) is 24.9 Å². The molecule has 3 aliphatic rings. The van der Waals surface area contributed by atoms with Gasteiger partial charge in [0.05, 0.1) is 6.42 Å². The van der Waals surface area contributed by atoms with Crippen LogP contribution in [-0.2, 0) is 0 Å². The maximum atomic E-state index is 12.6. The molecule has 2 heterocycles. The van der Waals surface area contributed by atoms with Gasteiger partial charge < -0.3 is 4.74 Å². The molecule has 3 unspecified atom stereocenters. The molecule has 1 saturated carbocycles. The van der Waals surface area contributed by atoms with E-state index in [4.69, 9.17) is 4.74 Å². The third-order valence-corrected chi connectivity index (χ3v) is 6.31. The zero-order valence-corrected chi connectivity index (χ0v) is 11.8. The van der Waals surface area contributed by atoms with Crippen LogP contribution < -0.4 is 4.74 Å². The number of fused-ring (bicyclic) bond motifs is 5. The lowest BCUT2D eigenvalue weighted by atomic mass is 9.60. The van der Waals surface area contributed by atoms with Gasteiger partial charge in [-0.3, -0.25) is 4.79 Å². The highest BCUT2D eigenvalue weighted by atomic mass is 32.1. The number of carbonyl (C=O) groups is 1. The summed E-state index contributed by atoms with van der Waals surface area (Å²) in [5, 5.41) is 1.11. The maximum absolute atomic E-state index is 12.6. The number of ketones is 1. The topological polar surface area (TPSA) is 26.3 Å². The Hall–Kier alpha value is -1.61. The number of benzene rings is 1. The summed E-state index contributed by atoms with van der Waals surface area (Å²) in [6.07, 6.45) is 7.18. The molecule has 0 radical (unpaired) electrons. The van der Waals surface area contributed by atoms with Gasteiger partial charge in [-0.05, 0) is 30.9 Å². The van der Waals surface area contributed by atoms with Crippen LogP contribution in [0.2, 0.25) is 0 Å². The van der Waals surface area contributed by atoms with E-state index in [1.165, 1.54) is 0 Å². The number of carbonyl (C=O) groups excluding carboxylic acids is 1. The Bertz CT molecular complexity index is 772. The molecule has 2 nitrogen and oxygen atoms in total. The van der Waals surface area contributed by atoms with Gasteiger partial charge in [-0.2, -0.15) is 0 Å². The third-order valence-electron chi connectivity index (χ3n) is 5.12. The van der Waals surface area contributed by atoms with Crippen molar-refractivity contribution < 1.29 is 9.53 Å². The average molecular weight is 282 g/mol. The van der Waals surface area contributed by atoms with Gasteiger partial charge in [-0.25, -0.2) is 0 Å². The van der Waals surface area contributed by atoms with Crippen molar-refractivity contribution in [1.29, 1.82) is 0 Å². The van der Waals surface area contributed by atoms with Crippen LogP contribution >= 0.6 is 11.3 Å². The van der Waals surface area contributed by atoms with Crippen LogP contribution in [0, 0.1) is 11.8 Å². The summed E-state index contributed by atoms with van der Waals surface area (Å²) in [5.74, 6) is 2.28. The highest BCUT2D eigenvalue weighted by molar-refractivity contribution is 7.21. The van der Waals surface area contributed by atoms with Gasteiger partial charge >= 0.3 is 0 Å². The number of allylic oxidation sites excluding steroid dienone is 2. The zero-order chi connectivity index (χ0) is 13.3. The molecule has 2 aliphatic carbocycles. The van der Waals surface area contributed by atoms with Crippen LogP contribution in [0.25, 0.3) is 10.1 Å². The molecular formula is C17H14O2S. The van der Waals surface area contributed by atoms with E-state index < -0.39 is 0 Å². The predicted molar refractivity (Wildman–Crippen MR) is 79.5 cm³/mol. The summed E-state index contributed by atoms with van der Waals surface area (Å²) in [6, 6.07) is 8.18. The smallest absolute Gasteiger partial charge is 0.180 e. The first-order valence-corrected chi connectivity index (χ1v) is 7.99. The van der Waals surface area contributed by atoms with Crippen LogP contribution in [0.15, 0.2) is 36.4 Å². The van der Waals surface area contributed by atoms with E-state index in [2.05, 4.69) is 24.3 Å². The molecule has 1 aliphatic heterocycles. The van der Waals surface area contributed by atoms with Crippen molar-refractivity contribution in [3.8, 4) is 5.75 Å². The minimum absolute atomic E-state index is 0.220. The van der Waals surface area contributed by atoms with E-state index in [0.717, 1.165) is 33.6 Å². The first kappa shape index (κ1) is 11.1. The molecule has 0 N–H and O–H groups in total. The minimum atomic E-state index is -0.220. The number of Topliss-reactive ketones (excluding diaryl/α,β-unsaturated/α-hetero) is 1. The average Bonchev–Trinajstić information content (AvgIpc) is 3.00. The molecule has 2 aromatic rings. The van der Waals surface area contributed by atoms with Gasteiger partial charge in [-0.1, -0.05) is 24.3 Å². The Morgan fingerprint density at radius 1 is 1.30 bits per heavy atom. The van der Waals surface area contributed by atoms with E-state index >= 15 is 0 Å². The SMILES string of the molecule is O=C1CC2(CC3C=CCC32)Oc2c1sc1ccccc21. The van der Waals surface area contributed by atoms with Crippen molar-refractivity contribution in [2.24, 2.45) is 11.8 Å². The molecule has 0 saturated heterocycles. The quantitative estimate of drug-likeness (QED) is 0.677. The van der Waals surface area contributed by atoms with Crippen LogP contribution in [0.4, 0.5) is 0 Å². The molecule has 0 bridgehead atoms. The molecule has 1 aromatic carbocycles. The van der Waals surface area contributed by atoms with Crippen LogP contribution in [0.5, 0.6) is 5.75 Å². The van der Waals surface area contributed by atoms with Gasteiger partial charge in [0.2, 0.25) is 0 Å². The third kappa shape index (κ3) is 1.22. The van der Waals surface area contributed by atoms with Crippen molar-refractivity contribution >= 4 is 27.2 Å². The standard InChI is InChI=1S/C17H14O2S/c18-13-9-17(8-10-4-3-6-12(10)17)19-15-11-5-1-2-7-14(11)20-16(13)15/h1-5,7,10,12H,6,8-9H2.